The predicted octanol–water partition coefficient (Wildman–Crippen LogP) is 1.88. The van der Waals surface area contributed by atoms with Gasteiger partial charge in [-0.05, 0) is 19.4 Å². The number of halogens is 2. The Bertz CT molecular complexity index is 216. The fourth-order valence-electron chi connectivity index (χ4n) is 1.73. The van der Waals surface area contributed by atoms with Gasteiger partial charge in [0, 0.05) is 18.3 Å². The molecule has 0 spiro atoms. The lowest BCUT2D eigenvalue weighted by Gasteiger charge is -2.31. The number of carboxylic acid groups (broad SMARTS) is 1. The summed E-state index contributed by atoms with van der Waals surface area (Å²) < 4.78 is 24.2. The van der Waals surface area contributed by atoms with Gasteiger partial charge in [-0.25, -0.2) is 0 Å². The first kappa shape index (κ1) is 12.7. The van der Waals surface area contributed by atoms with E-state index in [0.29, 0.717) is 24.9 Å². The van der Waals surface area contributed by atoms with E-state index in [4.69, 9.17) is 5.11 Å². The van der Waals surface area contributed by atoms with Crippen LogP contribution in [0, 0.1) is 0 Å². The second-order valence-electron chi connectivity index (χ2n) is 3.61. The van der Waals surface area contributed by atoms with Crippen LogP contribution in [0.3, 0.4) is 0 Å². The lowest BCUT2D eigenvalue weighted by molar-refractivity contribution is -0.137. The Morgan fingerprint density at radius 1 is 1.60 bits per heavy atom. The van der Waals surface area contributed by atoms with Gasteiger partial charge in [-0.15, -0.1) is 0 Å². The van der Waals surface area contributed by atoms with Gasteiger partial charge in [-0.3, -0.25) is 4.79 Å². The van der Waals surface area contributed by atoms with E-state index in [2.05, 4.69) is 0 Å². The minimum Gasteiger partial charge on any atom is -0.481 e. The molecule has 15 heavy (non-hydrogen) atoms. The van der Waals surface area contributed by atoms with Crippen molar-refractivity contribution in [1.82, 2.24) is 4.90 Å². The highest BCUT2D eigenvalue weighted by Gasteiger charge is 2.23. The van der Waals surface area contributed by atoms with E-state index < -0.39 is 11.7 Å². The molecule has 0 aromatic carbocycles. The van der Waals surface area contributed by atoms with Gasteiger partial charge in [-0.1, -0.05) is 11.8 Å². The Morgan fingerprint density at radius 2 is 2.33 bits per heavy atom. The molecule has 1 aliphatic heterocycles. The van der Waals surface area contributed by atoms with Crippen LogP contribution in [0.1, 0.15) is 19.3 Å². The number of rotatable bonds is 5. The molecular weight excluding hydrogens is 224 g/mol. The number of likely N-dealkylation sites (tertiary alicyclic amines) is 1. The SMILES string of the molecule is O=C(O)CCN1CCCC(SC(F)F)C1. The molecule has 0 aliphatic carbocycles. The summed E-state index contributed by atoms with van der Waals surface area (Å²) in [6.45, 7) is 1.88. The van der Waals surface area contributed by atoms with Crippen LogP contribution in [-0.2, 0) is 4.79 Å². The second-order valence-corrected chi connectivity index (χ2v) is 4.90. The number of piperidine rings is 1. The van der Waals surface area contributed by atoms with Gasteiger partial charge in [0.1, 0.15) is 0 Å². The van der Waals surface area contributed by atoms with Crippen LogP contribution in [0.25, 0.3) is 0 Å². The number of hydrogen-bond acceptors (Lipinski definition) is 3. The summed E-state index contributed by atoms with van der Waals surface area (Å²) in [5.41, 5.74) is 0. The van der Waals surface area contributed by atoms with Crippen molar-refractivity contribution in [1.29, 1.82) is 0 Å². The van der Waals surface area contributed by atoms with Gasteiger partial charge in [0.15, 0.2) is 0 Å². The molecule has 1 N–H and O–H groups in total. The zero-order chi connectivity index (χ0) is 11.3. The van der Waals surface area contributed by atoms with E-state index in [9.17, 15) is 13.6 Å². The first-order valence-electron chi connectivity index (χ1n) is 4.95. The number of hydrogen-bond donors (Lipinski definition) is 1. The van der Waals surface area contributed by atoms with E-state index >= 15 is 0 Å². The number of carbonyl (C=O) groups is 1. The van der Waals surface area contributed by atoms with Crippen LogP contribution >= 0.6 is 11.8 Å². The molecule has 1 fully saturated rings. The molecule has 0 amide bonds. The van der Waals surface area contributed by atoms with Gasteiger partial charge in [0.2, 0.25) is 0 Å². The molecule has 1 rings (SSSR count). The molecule has 0 saturated carbocycles. The number of alkyl halides is 2. The Kier molecular flexibility index (Phi) is 5.31. The normalized spacial score (nSPS) is 23.3. The van der Waals surface area contributed by atoms with E-state index in [1.54, 1.807) is 0 Å². The first-order chi connectivity index (χ1) is 7.08. The Balaban J connectivity index is 2.25. The van der Waals surface area contributed by atoms with E-state index in [1.165, 1.54) is 0 Å². The molecule has 3 nitrogen and oxygen atoms in total. The van der Waals surface area contributed by atoms with Gasteiger partial charge in [0.05, 0.1) is 6.42 Å². The van der Waals surface area contributed by atoms with Crippen molar-refractivity contribution in [3.63, 3.8) is 0 Å². The summed E-state index contributed by atoms with van der Waals surface area (Å²) in [5, 5.41) is 8.46. The van der Waals surface area contributed by atoms with Crippen molar-refractivity contribution in [2.75, 3.05) is 19.6 Å². The van der Waals surface area contributed by atoms with Crippen molar-refractivity contribution in [2.45, 2.75) is 30.3 Å². The zero-order valence-corrected chi connectivity index (χ0v) is 9.18. The number of nitrogens with zero attached hydrogens (tertiary/aromatic N) is 1. The summed E-state index contributed by atoms with van der Waals surface area (Å²) in [5.74, 6) is -3.16. The molecule has 0 aromatic heterocycles. The maximum Gasteiger partial charge on any atom is 0.304 e. The summed E-state index contributed by atoms with van der Waals surface area (Å²) in [7, 11) is 0. The minimum atomic E-state index is -2.32. The topological polar surface area (TPSA) is 40.5 Å². The first-order valence-corrected chi connectivity index (χ1v) is 5.90. The second kappa shape index (κ2) is 6.27. The van der Waals surface area contributed by atoms with Gasteiger partial charge in [0.25, 0.3) is 5.76 Å². The maximum absolute atomic E-state index is 12.1. The third kappa shape index (κ3) is 5.32. The quantitative estimate of drug-likeness (QED) is 0.795. The van der Waals surface area contributed by atoms with Crippen molar-refractivity contribution >= 4 is 17.7 Å². The lowest BCUT2D eigenvalue weighted by atomic mass is 10.1. The smallest absolute Gasteiger partial charge is 0.304 e. The largest absolute Gasteiger partial charge is 0.481 e. The van der Waals surface area contributed by atoms with Crippen LogP contribution in [0.4, 0.5) is 8.78 Å². The maximum atomic E-state index is 12.1. The fraction of sp³-hybridized carbons (Fsp3) is 0.889. The average molecular weight is 239 g/mol. The van der Waals surface area contributed by atoms with Gasteiger partial charge in [-0.2, -0.15) is 8.78 Å². The number of carboxylic acids is 1. The molecule has 0 radical (unpaired) electrons. The summed E-state index contributed by atoms with van der Waals surface area (Å²) >= 11 is 0.691. The Morgan fingerprint density at radius 3 is 2.93 bits per heavy atom. The molecule has 0 aromatic rings. The van der Waals surface area contributed by atoms with Crippen molar-refractivity contribution in [3.05, 3.63) is 0 Å². The highest BCUT2D eigenvalue weighted by atomic mass is 32.2. The summed E-state index contributed by atoms with van der Waals surface area (Å²) in [6.07, 6.45) is 1.77. The van der Waals surface area contributed by atoms with Crippen LogP contribution < -0.4 is 0 Å². The lowest BCUT2D eigenvalue weighted by Crippen LogP contribution is -2.38. The molecule has 0 bridgehead atoms. The molecular formula is C9H15F2NO2S. The monoisotopic (exact) mass is 239 g/mol. The highest BCUT2D eigenvalue weighted by molar-refractivity contribution is 8.00. The summed E-state index contributed by atoms with van der Waals surface area (Å²) in [4.78, 5) is 12.3. The average Bonchev–Trinajstić information content (AvgIpc) is 2.14. The van der Waals surface area contributed by atoms with E-state index in [-0.39, 0.29) is 11.7 Å². The standard InChI is InChI=1S/C9H15F2NO2S/c10-9(11)15-7-2-1-4-12(6-7)5-3-8(13)14/h7,9H,1-6H2,(H,13,14). The minimum absolute atomic E-state index is 0.0486. The molecule has 6 heteroatoms. The fourth-order valence-corrected chi connectivity index (χ4v) is 2.62. The van der Waals surface area contributed by atoms with Crippen LogP contribution in [0.2, 0.25) is 0 Å². The molecule has 1 unspecified atom stereocenters. The molecule has 1 heterocycles. The van der Waals surface area contributed by atoms with Crippen molar-refractivity contribution in [3.8, 4) is 0 Å². The van der Waals surface area contributed by atoms with Crippen LogP contribution in [0.15, 0.2) is 0 Å². The zero-order valence-electron chi connectivity index (χ0n) is 8.36. The third-order valence-electron chi connectivity index (χ3n) is 2.40. The molecule has 88 valence electrons. The third-order valence-corrected chi connectivity index (χ3v) is 3.37. The van der Waals surface area contributed by atoms with Crippen molar-refractivity contribution < 1.29 is 18.7 Å². The molecule has 1 saturated heterocycles. The van der Waals surface area contributed by atoms with E-state index in [1.807, 2.05) is 4.90 Å². The summed E-state index contributed by atoms with van der Waals surface area (Å²) in [6, 6.07) is 0. The predicted molar refractivity (Wildman–Crippen MR) is 55.3 cm³/mol. The van der Waals surface area contributed by atoms with Crippen LogP contribution in [-0.4, -0.2) is 46.6 Å². The van der Waals surface area contributed by atoms with Crippen LogP contribution in [0.5, 0.6) is 0 Å². The van der Waals surface area contributed by atoms with Gasteiger partial charge >= 0.3 is 5.97 Å². The molecule has 1 aliphatic rings. The Labute approximate surface area is 91.8 Å². The Hall–Kier alpha value is -0.360. The molecule has 1 atom stereocenters. The highest BCUT2D eigenvalue weighted by Crippen LogP contribution is 2.27. The van der Waals surface area contributed by atoms with Crippen molar-refractivity contribution in [2.24, 2.45) is 0 Å². The number of thioether (sulfide) groups is 1. The van der Waals surface area contributed by atoms with Gasteiger partial charge < -0.3 is 10.0 Å². The van der Waals surface area contributed by atoms with E-state index in [0.717, 1.165) is 19.4 Å². The number of aliphatic carboxylic acids is 1.